The van der Waals surface area contributed by atoms with Gasteiger partial charge in [0.1, 0.15) is 5.82 Å². The van der Waals surface area contributed by atoms with Gasteiger partial charge in [-0.05, 0) is 42.7 Å². The third kappa shape index (κ3) is 2.45. The molecule has 0 spiro atoms. The Labute approximate surface area is 110 Å². The smallest absolute Gasteiger partial charge is 0.199 e. The Morgan fingerprint density at radius 3 is 2.47 bits per heavy atom. The number of hydrogen-bond acceptors (Lipinski definition) is 3. The summed E-state index contributed by atoms with van der Waals surface area (Å²) in [4.78, 5) is 1.25. The highest BCUT2D eigenvalue weighted by atomic mass is 32.2. The van der Waals surface area contributed by atoms with Crippen LogP contribution in [0.2, 0.25) is 0 Å². The Bertz CT molecular complexity index is 552. The topological polar surface area (TPSA) is 33.6 Å². The predicted octanol–water partition coefficient (Wildman–Crippen LogP) is 3.78. The van der Waals surface area contributed by atoms with E-state index in [4.69, 9.17) is 12.2 Å². The van der Waals surface area contributed by atoms with E-state index in [0.717, 1.165) is 11.5 Å². The van der Waals surface area contributed by atoms with Crippen LogP contribution in [0.15, 0.2) is 29.2 Å². The number of nitrogens with zero attached hydrogens (tertiary/aromatic N) is 2. The number of H-pyrrole nitrogens is 1. The van der Waals surface area contributed by atoms with Crippen LogP contribution in [-0.2, 0) is 0 Å². The highest BCUT2D eigenvalue weighted by Crippen LogP contribution is 2.20. The maximum Gasteiger partial charge on any atom is 0.199 e. The Kier molecular flexibility index (Phi) is 3.69. The molecule has 1 N–H and O–H groups in total. The zero-order valence-corrected chi connectivity index (χ0v) is 11.7. The standard InChI is InChI=1S/C12H15N3S2/c1-8(2)11-13-14-12(16)15(11)9-4-6-10(17-3)7-5-9/h4-8H,1-3H3,(H,14,16). The number of aromatic nitrogens is 3. The summed E-state index contributed by atoms with van der Waals surface area (Å²) < 4.78 is 2.63. The highest BCUT2D eigenvalue weighted by Gasteiger charge is 2.11. The van der Waals surface area contributed by atoms with Crippen LogP contribution in [-0.4, -0.2) is 21.0 Å². The van der Waals surface area contributed by atoms with Crippen LogP contribution < -0.4 is 0 Å². The minimum atomic E-state index is 0.336. The first kappa shape index (κ1) is 12.4. The molecule has 0 unspecified atom stereocenters. The van der Waals surface area contributed by atoms with Gasteiger partial charge in [-0.1, -0.05) is 13.8 Å². The predicted molar refractivity (Wildman–Crippen MR) is 74.6 cm³/mol. The van der Waals surface area contributed by atoms with E-state index in [1.54, 1.807) is 11.8 Å². The fourth-order valence-electron chi connectivity index (χ4n) is 1.68. The number of nitrogens with one attached hydrogen (secondary N) is 1. The number of thioether (sulfide) groups is 1. The molecule has 17 heavy (non-hydrogen) atoms. The molecular formula is C12H15N3S2. The molecule has 0 amide bonds. The molecule has 90 valence electrons. The molecule has 0 aliphatic rings. The van der Waals surface area contributed by atoms with Crippen LogP contribution >= 0.6 is 24.0 Å². The second-order valence-electron chi connectivity index (χ2n) is 4.08. The molecule has 1 aromatic heterocycles. The van der Waals surface area contributed by atoms with Gasteiger partial charge >= 0.3 is 0 Å². The maximum atomic E-state index is 5.28. The van der Waals surface area contributed by atoms with Gasteiger partial charge in [-0.25, -0.2) is 0 Å². The Balaban J connectivity index is 2.51. The Morgan fingerprint density at radius 1 is 1.29 bits per heavy atom. The molecule has 2 rings (SSSR count). The molecule has 2 aromatic rings. The average molecular weight is 265 g/mol. The molecule has 0 radical (unpaired) electrons. The van der Waals surface area contributed by atoms with Crippen molar-refractivity contribution in [2.45, 2.75) is 24.7 Å². The van der Waals surface area contributed by atoms with Crippen molar-refractivity contribution in [2.75, 3.05) is 6.26 Å². The summed E-state index contributed by atoms with van der Waals surface area (Å²) in [6.07, 6.45) is 2.07. The van der Waals surface area contributed by atoms with Crippen molar-refractivity contribution >= 4 is 24.0 Å². The first-order chi connectivity index (χ1) is 8.13. The molecular weight excluding hydrogens is 250 g/mol. The fourth-order valence-corrected chi connectivity index (χ4v) is 2.33. The number of benzene rings is 1. The molecule has 0 atom stereocenters. The van der Waals surface area contributed by atoms with Crippen molar-refractivity contribution < 1.29 is 0 Å². The molecule has 1 aromatic carbocycles. The fraction of sp³-hybridized carbons (Fsp3) is 0.333. The van der Waals surface area contributed by atoms with E-state index >= 15 is 0 Å². The van der Waals surface area contributed by atoms with Gasteiger partial charge in [0.05, 0.1) is 0 Å². The normalized spacial score (nSPS) is 11.1. The molecule has 0 saturated carbocycles. The van der Waals surface area contributed by atoms with Gasteiger partial charge in [0.2, 0.25) is 0 Å². The second-order valence-corrected chi connectivity index (χ2v) is 5.34. The first-order valence-electron chi connectivity index (χ1n) is 5.45. The van der Waals surface area contributed by atoms with Crippen LogP contribution in [0.25, 0.3) is 5.69 Å². The van der Waals surface area contributed by atoms with Crippen molar-refractivity contribution in [3.63, 3.8) is 0 Å². The zero-order chi connectivity index (χ0) is 12.4. The van der Waals surface area contributed by atoms with Crippen LogP contribution in [0.1, 0.15) is 25.6 Å². The summed E-state index contributed by atoms with van der Waals surface area (Å²) in [6.45, 7) is 4.22. The van der Waals surface area contributed by atoms with Gasteiger partial charge in [-0.2, -0.15) is 5.10 Å². The quantitative estimate of drug-likeness (QED) is 0.677. The van der Waals surface area contributed by atoms with E-state index in [0.29, 0.717) is 10.7 Å². The molecule has 5 heteroatoms. The molecule has 0 bridgehead atoms. The summed E-state index contributed by atoms with van der Waals surface area (Å²) in [7, 11) is 0. The van der Waals surface area contributed by atoms with Crippen molar-refractivity contribution in [1.29, 1.82) is 0 Å². The van der Waals surface area contributed by atoms with E-state index in [2.05, 4.69) is 54.6 Å². The van der Waals surface area contributed by atoms with Crippen molar-refractivity contribution in [2.24, 2.45) is 0 Å². The molecule has 1 heterocycles. The van der Waals surface area contributed by atoms with E-state index < -0.39 is 0 Å². The van der Waals surface area contributed by atoms with Crippen molar-refractivity contribution in [3.8, 4) is 5.69 Å². The first-order valence-corrected chi connectivity index (χ1v) is 7.08. The van der Waals surface area contributed by atoms with Crippen LogP contribution in [0.5, 0.6) is 0 Å². The lowest BCUT2D eigenvalue weighted by molar-refractivity contribution is 0.744. The number of hydrogen-bond donors (Lipinski definition) is 1. The minimum Gasteiger partial charge on any atom is -0.272 e. The van der Waals surface area contributed by atoms with E-state index in [9.17, 15) is 0 Å². The van der Waals surface area contributed by atoms with Gasteiger partial charge in [0.15, 0.2) is 4.77 Å². The van der Waals surface area contributed by atoms with Crippen LogP contribution in [0, 0.1) is 4.77 Å². The van der Waals surface area contributed by atoms with Gasteiger partial charge < -0.3 is 0 Å². The summed E-state index contributed by atoms with van der Waals surface area (Å²) in [5.41, 5.74) is 1.06. The monoisotopic (exact) mass is 265 g/mol. The summed E-state index contributed by atoms with van der Waals surface area (Å²) in [5, 5.41) is 7.13. The van der Waals surface area contributed by atoms with Gasteiger partial charge in [0, 0.05) is 16.5 Å². The Hall–Kier alpha value is -1.07. The summed E-state index contributed by atoms with van der Waals surface area (Å²) in [6, 6.07) is 8.34. The van der Waals surface area contributed by atoms with Gasteiger partial charge in [-0.15, -0.1) is 11.8 Å². The molecule has 0 aliphatic heterocycles. The summed E-state index contributed by atoms with van der Waals surface area (Å²) in [5.74, 6) is 1.30. The highest BCUT2D eigenvalue weighted by molar-refractivity contribution is 7.98. The third-order valence-electron chi connectivity index (χ3n) is 2.55. The van der Waals surface area contributed by atoms with Crippen molar-refractivity contribution in [1.82, 2.24) is 14.8 Å². The summed E-state index contributed by atoms with van der Waals surface area (Å²) >= 11 is 7.01. The van der Waals surface area contributed by atoms with E-state index in [1.165, 1.54) is 4.90 Å². The number of rotatable bonds is 3. The Morgan fingerprint density at radius 2 is 1.94 bits per heavy atom. The minimum absolute atomic E-state index is 0.336. The second kappa shape index (κ2) is 5.06. The molecule has 0 fully saturated rings. The van der Waals surface area contributed by atoms with Crippen LogP contribution in [0.4, 0.5) is 0 Å². The number of aromatic amines is 1. The lowest BCUT2D eigenvalue weighted by atomic mass is 10.2. The zero-order valence-electron chi connectivity index (χ0n) is 10.1. The van der Waals surface area contributed by atoms with Gasteiger partial charge in [0.25, 0.3) is 0 Å². The lowest BCUT2D eigenvalue weighted by Crippen LogP contribution is -2.03. The largest absolute Gasteiger partial charge is 0.272 e. The lowest BCUT2D eigenvalue weighted by Gasteiger charge is -2.09. The molecule has 3 nitrogen and oxygen atoms in total. The average Bonchev–Trinajstić information content (AvgIpc) is 2.71. The van der Waals surface area contributed by atoms with Gasteiger partial charge in [-0.3, -0.25) is 9.67 Å². The molecule has 0 aliphatic carbocycles. The maximum absolute atomic E-state index is 5.28. The van der Waals surface area contributed by atoms with E-state index in [1.807, 2.05) is 4.57 Å². The molecule has 0 saturated heterocycles. The van der Waals surface area contributed by atoms with E-state index in [-0.39, 0.29) is 0 Å². The third-order valence-corrected chi connectivity index (χ3v) is 3.56. The van der Waals surface area contributed by atoms with Crippen molar-refractivity contribution in [3.05, 3.63) is 34.9 Å². The van der Waals surface area contributed by atoms with Crippen LogP contribution in [0.3, 0.4) is 0 Å². The SMILES string of the molecule is CSc1ccc(-n2c(C(C)C)n[nH]c2=S)cc1.